The van der Waals surface area contributed by atoms with Gasteiger partial charge in [0.05, 0.1) is 34.3 Å². The van der Waals surface area contributed by atoms with Crippen LogP contribution in [0.3, 0.4) is 0 Å². The highest BCUT2D eigenvalue weighted by atomic mass is 16.5. The standard InChI is InChI=1S/C25H30N6O4/c1-15-5-7-17(8-6-15)27-25-29-22(28-24(26)30-25)14-31-10-9-16-11-20(33-2)21(34-3)12-18(16)19(31)13-23(32)35-4/h5-8,11-12,19H,9-10,13-14H2,1-4H3,(H3,26,27,28,29,30)/t19-/m0/s1. The Bertz CT molecular complexity index is 1200. The molecule has 1 atom stereocenters. The molecule has 35 heavy (non-hydrogen) atoms. The van der Waals surface area contributed by atoms with E-state index in [9.17, 15) is 4.79 Å². The lowest BCUT2D eigenvalue weighted by atomic mass is 9.90. The van der Waals surface area contributed by atoms with Crippen molar-refractivity contribution in [2.24, 2.45) is 0 Å². The molecule has 0 spiro atoms. The van der Waals surface area contributed by atoms with Gasteiger partial charge in [-0.15, -0.1) is 0 Å². The van der Waals surface area contributed by atoms with Gasteiger partial charge in [0, 0.05) is 18.3 Å². The van der Waals surface area contributed by atoms with Crippen LogP contribution in [-0.2, 0) is 22.5 Å². The van der Waals surface area contributed by atoms with Gasteiger partial charge in [-0.25, -0.2) is 0 Å². The Kier molecular flexibility index (Phi) is 7.31. The molecule has 0 amide bonds. The molecular weight excluding hydrogens is 448 g/mol. The van der Waals surface area contributed by atoms with Crippen LogP contribution in [0.15, 0.2) is 36.4 Å². The summed E-state index contributed by atoms with van der Waals surface area (Å²) in [6.07, 6.45) is 0.941. The number of rotatable bonds is 8. The van der Waals surface area contributed by atoms with Gasteiger partial charge in [-0.05, 0) is 48.7 Å². The monoisotopic (exact) mass is 478 g/mol. The molecule has 0 radical (unpaired) electrons. The first-order valence-electron chi connectivity index (χ1n) is 11.3. The number of anilines is 3. The summed E-state index contributed by atoms with van der Waals surface area (Å²) in [4.78, 5) is 27.6. The number of carbonyl (C=O) groups is 1. The molecule has 1 aliphatic rings. The van der Waals surface area contributed by atoms with Crippen LogP contribution >= 0.6 is 0 Å². The Morgan fingerprint density at radius 2 is 1.80 bits per heavy atom. The minimum absolute atomic E-state index is 0.123. The van der Waals surface area contributed by atoms with Crippen LogP contribution in [0.1, 0.15) is 35.0 Å². The third-order valence-electron chi connectivity index (χ3n) is 6.05. The molecule has 0 aliphatic carbocycles. The molecule has 10 nitrogen and oxygen atoms in total. The number of aryl methyl sites for hydroxylation is 1. The van der Waals surface area contributed by atoms with Crippen molar-refractivity contribution < 1.29 is 19.0 Å². The topological polar surface area (TPSA) is 125 Å². The summed E-state index contributed by atoms with van der Waals surface area (Å²) in [7, 11) is 4.59. The Hall–Kier alpha value is -3.92. The second-order valence-corrected chi connectivity index (χ2v) is 8.35. The fourth-order valence-electron chi connectivity index (χ4n) is 4.26. The fourth-order valence-corrected chi connectivity index (χ4v) is 4.26. The van der Waals surface area contributed by atoms with Crippen LogP contribution in [0.2, 0.25) is 0 Å². The zero-order valence-electron chi connectivity index (χ0n) is 20.4. The summed E-state index contributed by atoms with van der Waals surface area (Å²) in [5.41, 5.74) is 10.1. The van der Waals surface area contributed by atoms with E-state index in [-0.39, 0.29) is 24.4 Å². The third kappa shape index (κ3) is 5.60. The maximum absolute atomic E-state index is 12.3. The maximum atomic E-state index is 12.3. The van der Waals surface area contributed by atoms with E-state index in [4.69, 9.17) is 19.9 Å². The minimum Gasteiger partial charge on any atom is -0.493 e. The first-order valence-corrected chi connectivity index (χ1v) is 11.3. The normalized spacial score (nSPS) is 15.3. The Labute approximate surface area is 204 Å². The van der Waals surface area contributed by atoms with Crippen molar-refractivity contribution in [2.75, 3.05) is 38.9 Å². The van der Waals surface area contributed by atoms with Crippen molar-refractivity contribution in [3.8, 4) is 11.5 Å². The van der Waals surface area contributed by atoms with E-state index >= 15 is 0 Å². The molecule has 4 rings (SSSR count). The van der Waals surface area contributed by atoms with E-state index in [2.05, 4.69) is 25.2 Å². The van der Waals surface area contributed by atoms with Gasteiger partial charge in [-0.3, -0.25) is 9.69 Å². The van der Waals surface area contributed by atoms with Gasteiger partial charge in [0.2, 0.25) is 11.9 Å². The predicted molar refractivity (Wildman–Crippen MR) is 132 cm³/mol. The maximum Gasteiger partial charge on any atom is 0.307 e. The third-order valence-corrected chi connectivity index (χ3v) is 6.05. The van der Waals surface area contributed by atoms with Gasteiger partial charge >= 0.3 is 5.97 Å². The van der Waals surface area contributed by atoms with E-state index in [1.807, 2.05) is 43.3 Å². The van der Waals surface area contributed by atoms with E-state index < -0.39 is 0 Å². The lowest BCUT2D eigenvalue weighted by Crippen LogP contribution is -2.37. The van der Waals surface area contributed by atoms with Crippen LogP contribution in [0.5, 0.6) is 11.5 Å². The number of hydrogen-bond donors (Lipinski definition) is 2. The van der Waals surface area contributed by atoms with Gasteiger partial charge in [0.15, 0.2) is 11.5 Å². The summed E-state index contributed by atoms with van der Waals surface area (Å²) in [5, 5.41) is 3.18. The molecule has 0 unspecified atom stereocenters. The quantitative estimate of drug-likeness (QED) is 0.466. The van der Waals surface area contributed by atoms with Crippen LogP contribution in [0, 0.1) is 6.92 Å². The van der Waals surface area contributed by atoms with Gasteiger partial charge in [-0.1, -0.05) is 17.7 Å². The number of nitrogen functional groups attached to an aromatic ring is 1. The lowest BCUT2D eigenvalue weighted by Gasteiger charge is -2.36. The predicted octanol–water partition coefficient (Wildman–Crippen LogP) is 3.19. The van der Waals surface area contributed by atoms with Crippen molar-refractivity contribution >= 4 is 23.6 Å². The van der Waals surface area contributed by atoms with Gasteiger partial charge in [0.25, 0.3) is 0 Å². The largest absolute Gasteiger partial charge is 0.493 e. The van der Waals surface area contributed by atoms with E-state index in [0.717, 1.165) is 28.8 Å². The Morgan fingerprint density at radius 1 is 1.09 bits per heavy atom. The van der Waals surface area contributed by atoms with E-state index in [1.54, 1.807) is 14.2 Å². The number of aromatic nitrogens is 3. The number of ether oxygens (including phenoxy) is 3. The molecule has 184 valence electrons. The highest BCUT2D eigenvalue weighted by Gasteiger charge is 2.32. The highest BCUT2D eigenvalue weighted by molar-refractivity contribution is 5.70. The minimum atomic E-state index is -0.306. The lowest BCUT2D eigenvalue weighted by molar-refractivity contribution is -0.142. The van der Waals surface area contributed by atoms with E-state index in [0.29, 0.717) is 36.4 Å². The van der Waals surface area contributed by atoms with Crippen LogP contribution in [-0.4, -0.2) is 53.7 Å². The van der Waals surface area contributed by atoms with Crippen molar-refractivity contribution in [2.45, 2.75) is 32.4 Å². The first-order chi connectivity index (χ1) is 16.9. The molecule has 3 aromatic rings. The smallest absolute Gasteiger partial charge is 0.307 e. The first kappa shape index (κ1) is 24.2. The SMILES string of the molecule is COC(=O)C[C@H]1c2cc(OC)c(OC)cc2CCN1Cc1nc(N)nc(Nc2ccc(C)cc2)n1. The molecule has 2 aromatic carbocycles. The molecule has 0 fully saturated rings. The number of fused-ring (bicyclic) bond motifs is 1. The van der Waals surface area contributed by atoms with Gasteiger partial charge in [0.1, 0.15) is 5.82 Å². The molecule has 0 bridgehead atoms. The van der Waals surface area contributed by atoms with Crippen LogP contribution in [0.4, 0.5) is 17.6 Å². The summed E-state index contributed by atoms with van der Waals surface area (Å²) in [6, 6.07) is 11.5. The molecule has 1 aromatic heterocycles. The molecule has 0 saturated carbocycles. The molecule has 2 heterocycles. The number of nitrogens with two attached hydrogens (primary N) is 1. The van der Waals surface area contributed by atoms with E-state index in [1.165, 1.54) is 7.11 Å². The van der Waals surface area contributed by atoms with Crippen molar-refractivity contribution in [3.05, 3.63) is 58.9 Å². The average Bonchev–Trinajstić information content (AvgIpc) is 2.85. The number of nitrogens with one attached hydrogen (secondary N) is 1. The molecule has 0 saturated heterocycles. The summed E-state index contributed by atoms with van der Waals surface area (Å²) < 4.78 is 16.0. The van der Waals surface area contributed by atoms with Crippen molar-refractivity contribution in [3.63, 3.8) is 0 Å². The second kappa shape index (κ2) is 10.6. The van der Waals surface area contributed by atoms with Gasteiger partial charge < -0.3 is 25.3 Å². The number of carbonyl (C=O) groups excluding carboxylic acids is 1. The zero-order chi connectivity index (χ0) is 24.9. The number of benzene rings is 2. The molecule has 10 heteroatoms. The molecule has 3 N–H and O–H groups in total. The number of nitrogens with zero attached hydrogens (tertiary/aromatic N) is 4. The Morgan fingerprint density at radius 3 is 2.49 bits per heavy atom. The summed E-state index contributed by atoms with van der Waals surface area (Å²) >= 11 is 0. The number of esters is 1. The van der Waals surface area contributed by atoms with Crippen molar-refractivity contribution in [1.82, 2.24) is 19.9 Å². The second-order valence-electron chi connectivity index (χ2n) is 8.35. The van der Waals surface area contributed by atoms with Crippen LogP contribution < -0.4 is 20.5 Å². The van der Waals surface area contributed by atoms with Crippen molar-refractivity contribution in [1.29, 1.82) is 0 Å². The zero-order valence-corrected chi connectivity index (χ0v) is 20.4. The highest BCUT2D eigenvalue weighted by Crippen LogP contribution is 2.40. The number of methoxy groups -OCH3 is 3. The molecular formula is C25H30N6O4. The number of hydrogen-bond acceptors (Lipinski definition) is 10. The summed E-state index contributed by atoms with van der Waals surface area (Å²) in [6.45, 7) is 3.09. The molecule has 1 aliphatic heterocycles. The van der Waals surface area contributed by atoms with Crippen LogP contribution in [0.25, 0.3) is 0 Å². The Balaban J connectivity index is 1.63. The van der Waals surface area contributed by atoms with Gasteiger partial charge in [-0.2, -0.15) is 15.0 Å². The fraction of sp³-hybridized carbons (Fsp3) is 0.360. The summed E-state index contributed by atoms with van der Waals surface area (Å²) in [5.74, 6) is 1.96. The average molecular weight is 479 g/mol.